The molecule has 4 heteroatoms. The predicted molar refractivity (Wildman–Crippen MR) is 77.9 cm³/mol. The summed E-state index contributed by atoms with van der Waals surface area (Å²) in [5.41, 5.74) is 3.14. The Morgan fingerprint density at radius 2 is 2.11 bits per heavy atom. The van der Waals surface area contributed by atoms with E-state index in [1.54, 1.807) is 13.3 Å². The number of hydrogen-bond acceptors (Lipinski definition) is 3. The summed E-state index contributed by atoms with van der Waals surface area (Å²) in [6.45, 7) is 2.04. The molecule has 1 heterocycles. The molecule has 0 saturated carbocycles. The van der Waals surface area contributed by atoms with Gasteiger partial charge in [-0.05, 0) is 49.4 Å². The summed E-state index contributed by atoms with van der Waals surface area (Å²) in [5, 5.41) is 4.02. The summed E-state index contributed by atoms with van der Waals surface area (Å²) < 4.78 is 5.38. The number of ether oxygens (including phenoxy) is 1. The van der Waals surface area contributed by atoms with Gasteiger partial charge in [-0.2, -0.15) is 0 Å². The number of aryl methyl sites for hydroxylation is 1. The number of nitrogens with zero attached hydrogens (tertiary/aromatic N) is 1. The summed E-state index contributed by atoms with van der Waals surface area (Å²) in [4.78, 5) is 4.44. The maximum absolute atomic E-state index is 6.01. The number of benzene rings is 1. The fourth-order valence-corrected chi connectivity index (χ4v) is 2.42. The van der Waals surface area contributed by atoms with Crippen LogP contribution in [0.15, 0.2) is 36.5 Å². The molecular formula is C15H17ClN2O. The highest BCUT2D eigenvalue weighted by molar-refractivity contribution is 6.30. The van der Waals surface area contributed by atoms with E-state index in [1.807, 2.05) is 44.3 Å². The second-order valence-electron chi connectivity index (χ2n) is 4.31. The van der Waals surface area contributed by atoms with E-state index in [9.17, 15) is 0 Å². The molecule has 1 unspecified atom stereocenters. The van der Waals surface area contributed by atoms with Gasteiger partial charge in [-0.15, -0.1) is 0 Å². The predicted octanol–water partition coefficient (Wildman–Crippen LogP) is 3.36. The van der Waals surface area contributed by atoms with Gasteiger partial charge in [0.1, 0.15) is 11.4 Å². The minimum Gasteiger partial charge on any atom is -0.495 e. The first-order valence-electron chi connectivity index (χ1n) is 6.09. The van der Waals surface area contributed by atoms with Crippen LogP contribution in [0.2, 0.25) is 5.02 Å². The zero-order chi connectivity index (χ0) is 13.8. The van der Waals surface area contributed by atoms with Crippen LogP contribution >= 0.6 is 11.6 Å². The first-order valence-corrected chi connectivity index (χ1v) is 6.47. The molecule has 0 aliphatic carbocycles. The topological polar surface area (TPSA) is 34.2 Å². The molecule has 2 aromatic rings. The van der Waals surface area contributed by atoms with Gasteiger partial charge in [-0.1, -0.05) is 17.7 Å². The number of nitrogens with one attached hydrogen (secondary N) is 1. The van der Waals surface area contributed by atoms with Gasteiger partial charge in [-0.25, -0.2) is 0 Å². The Kier molecular flexibility index (Phi) is 4.40. The van der Waals surface area contributed by atoms with Gasteiger partial charge in [0.2, 0.25) is 0 Å². The van der Waals surface area contributed by atoms with Crippen molar-refractivity contribution in [1.29, 1.82) is 0 Å². The maximum Gasteiger partial charge on any atom is 0.142 e. The molecule has 1 aromatic carbocycles. The summed E-state index contributed by atoms with van der Waals surface area (Å²) in [6, 6.07) is 9.63. The molecule has 0 radical (unpaired) electrons. The fraction of sp³-hybridized carbons (Fsp3) is 0.267. The summed E-state index contributed by atoms with van der Waals surface area (Å²) in [7, 11) is 3.56. The largest absolute Gasteiger partial charge is 0.495 e. The molecule has 19 heavy (non-hydrogen) atoms. The van der Waals surface area contributed by atoms with Gasteiger partial charge in [0, 0.05) is 11.2 Å². The molecule has 0 aliphatic rings. The second-order valence-corrected chi connectivity index (χ2v) is 4.75. The Morgan fingerprint density at radius 1 is 1.32 bits per heavy atom. The number of aromatic nitrogens is 1. The zero-order valence-electron chi connectivity index (χ0n) is 11.3. The lowest BCUT2D eigenvalue weighted by Crippen LogP contribution is -2.20. The molecule has 2 rings (SSSR count). The minimum absolute atomic E-state index is 0.0200. The van der Waals surface area contributed by atoms with Crippen LogP contribution in [0.5, 0.6) is 5.75 Å². The second kappa shape index (κ2) is 6.04. The Balaban J connectivity index is 2.50. The van der Waals surface area contributed by atoms with Crippen LogP contribution < -0.4 is 10.1 Å². The third-order valence-corrected chi connectivity index (χ3v) is 3.36. The molecule has 1 atom stereocenters. The third-order valence-electron chi connectivity index (χ3n) is 3.12. The Hall–Kier alpha value is -1.58. The van der Waals surface area contributed by atoms with Crippen molar-refractivity contribution >= 4 is 11.6 Å². The molecule has 100 valence electrons. The smallest absolute Gasteiger partial charge is 0.142 e. The number of halogens is 1. The molecular weight excluding hydrogens is 260 g/mol. The van der Waals surface area contributed by atoms with Crippen molar-refractivity contribution in [1.82, 2.24) is 10.3 Å². The van der Waals surface area contributed by atoms with E-state index in [4.69, 9.17) is 16.3 Å². The molecule has 0 fully saturated rings. The molecule has 0 amide bonds. The Labute approximate surface area is 118 Å². The van der Waals surface area contributed by atoms with Crippen molar-refractivity contribution in [3.8, 4) is 5.75 Å². The van der Waals surface area contributed by atoms with Crippen LogP contribution in [0.1, 0.15) is 22.9 Å². The van der Waals surface area contributed by atoms with Crippen molar-refractivity contribution in [2.24, 2.45) is 0 Å². The lowest BCUT2D eigenvalue weighted by Gasteiger charge is -2.20. The van der Waals surface area contributed by atoms with E-state index in [2.05, 4.69) is 10.3 Å². The first-order chi connectivity index (χ1) is 9.17. The average molecular weight is 277 g/mol. The van der Waals surface area contributed by atoms with E-state index < -0.39 is 0 Å². The van der Waals surface area contributed by atoms with Gasteiger partial charge in [-0.3, -0.25) is 4.98 Å². The summed E-state index contributed by atoms with van der Waals surface area (Å²) in [6.07, 6.45) is 1.77. The Bertz CT molecular complexity index is 572. The minimum atomic E-state index is -0.0200. The fourth-order valence-electron chi connectivity index (χ4n) is 2.19. The normalized spacial score (nSPS) is 12.2. The van der Waals surface area contributed by atoms with E-state index in [-0.39, 0.29) is 6.04 Å². The highest BCUT2D eigenvalue weighted by Crippen LogP contribution is 2.30. The van der Waals surface area contributed by atoms with Crippen molar-refractivity contribution in [3.63, 3.8) is 0 Å². The highest BCUT2D eigenvalue weighted by atomic mass is 35.5. The van der Waals surface area contributed by atoms with Crippen LogP contribution in [0, 0.1) is 6.92 Å². The molecule has 0 bridgehead atoms. The van der Waals surface area contributed by atoms with Crippen LogP contribution in [-0.2, 0) is 0 Å². The highest BCUT2D eigenvalue weighted by Gasteiger charge is 2.19. The van der Waals surface area contributed by atoms with Gasteiger partial charge in [0.05, 0.1) is 13.2 Å². The Morgan fingerprint density at radius 3 is 2.74 bits per heavy atom. The summed E-state index contributed by atoms with van der Waals surface area (Å²) in [5.74, 6) is 0.774. The van der Waals surface area contributed by atoms with E-state index in [0.29, 0.717) is 0 Å². The number of pyridine rings is 1. The summed E-state index contributed by atoms with van der Waals surface area (Å²) >= 11 is 6.01. The van der Waals surface area contributed by atoms with Gasteiger partial charge in [0.25, 0.3) is 0 Å². The number of methoxy groups -OCH3 is 1. The molecule has 0 aliphatic heterocycles. The van der Waals surface area contributed by atoms with Crippen LogP contribution in [0.25, 0.3) is 0 Å². The van der Waals surface area contributed by atoms with Crippen LogP contribution in [-0.4, -0.2) is 19.1 Å². The molecule has 0 spiro atoms. The third kappa shape index (κ3) is 2.88. The zero-order valence-corrected chi connectivity index (χ0v) is 12.0. The van der Waals surface area contributed by atoms with Gasteiger partial charge in [0.15, 0.2) is 0 Å². The molecule has 3 nitrogen and oxygen atoms in total. The van der Waals surface area contributed by atoms with Crippen molar-refractivity contribution < 1.29 is 4.74 Å². The quantitative estimate of drug-likeness (QED) is 0.930. The maximum atomic E-state index is 6.01. The molecule has 1 aromatic heterocycles. The molecule has 0 saturated heterocycles. The SMILES string of the molecule is CNC(c1ccc(Cl)cc1C)c1ncccc1OC. The van der Waals surface area contributed by atoms with E-state index in [1.165, 1.54) is 0 Å². The number of hydrogen-bond donors (Lipinski definition) is 1. The van der Waals surface area contributed by atoms with Crippen LogP contribution in [0.3, 0.4) is 0 Å². The van der Waals surface area contributed by atoms with Crippen molar-refractivity contribution in [3.05, 3.63) is 58.4 Å². The monoisotopic (exact) mass is 276 g/mol. The van der Waals surface area contributed by atoms with Crippen LogP contribution in [0.4, 0.5) is 0 Å². The van der Waals surface area contributed by atoms with Gasteiger partial charge >= 0.3 is 0 Å². The average Bonchev–Trinajstić information content (AvgIpc) is 2.42. The van der Waals surface area contributed by atoms with Crippen molar-refractivity contribution in [2.75, 3.05) is 14.2 Å². The van der Waals surface area contributed by atoms with E-state index in [0.717, 1.165) is 27.6 Å². The standard InChI is InChI=1S/C15H17ClN2O/c1-10-9-11(16)6-7-12(10)14(17-2)15-13(19-3)5-4-8-18-15/h4-9,14,17H,1-3H3. The first kappa shape index (κ1) is 13.8. The lowest BCUT2D eigenvalue weighted by atomic mass is 9.98. The lowest BCUT2D eigenvalue weighted by molar-refractivity contribution is 0.401. The number of rotatable bonds is 4. The van der Waals surface area contributed by atoms with Gasteiger partial charge < -0.3 is 10.1 Å². The van der Waals surface area contributed by atoms with Crippen molar-refractivity contribution in [2.45, 2.75) is 13.0 Å². The molecule has 1 N–H and O–H groups in total. The van der Waals surface area contributed by atoms with E-state index >= 15 is 0 Å².